The first-order valence-corrected chi connectivity index (χ1v) is 6.36. The van der Waals surface area contributed by atoms with Gasteiger partial charge in [-0.3, -0.25) is 4.79 Å². The average molecular weight is 339 g/mol. The molecule has 0 aliphatic heterocycles. The lowest BCUT2D eigenvalue weighted by atomic mass is 10.0. The van der Waals surface area contributed by atoms with E-state index in [1.165, 1.54) is 0 Å². The van der Waals surface area contributed by atoms with Crippen LogP contribution in [0.25, 0.3) is 0 Å². The fraction of sp³-hybridized carbons (Fsp3) is 0.417. The number of methoxy groups -OCH3 is 1. The van der Waals surface area contributed by atoms with E-state index in [0.29, 0.717) is 0 Å². The normalized spacial score (nSPS) is 13.8. The van der Waals surface area contributed by atoms with Gasteiger partial charge in [-0.2, -0.15) is 4.39 Å². The number of halogens is 3. The maximum absolute atomic E-state index is 13.5. The molecule has 0 heterocycles. The highest BCUT2D eigenvalue weighted by Crippen LogP contribution is 2.33. The van der Waals surface area contributed by atoms with Gasteiger partial charge in [0.1, 0.15) is 10.9 Å². The van der Waals surface area contributed by atoms with Crippen LogP contribution in [-0.2, 0) is 9.53 Å². The fourth-order valence-electron chi connectivity index (χ4n) is 1.50. The van der Waals surface area contributed by atoms with Crippen LogP contribution in [0.3, 0.4) is 0 Å². The van der Waals surface area contributed by atoms with E-state index in [1.807, 2.05) is 0 Å². The largest absolute Gasteiger partial charge is 0.493 e. The molecule has 0 bridgehead atoms. The molecule has 0 aromatic heterocycles. The Hall–Kier alpha value is -1.21. The van der Waals surface area contributed by atoms with E-state index in [9.17, 15) is 18.7 Å². The van der Waals surface area contributed by atoms with Crippen molar-refractivity contribution < 1.29 is 28.2 Å². The second kappa shape index (κ2) is 6.81. The number of esters is 1. The standard InChI is InChI=1S/C12H13BrF2O4/c1-3-19-12(17)8(13)10(16)6-4-5-7(14)9(15)11(6)18-2/h4-5,8,10,16H,3H2,1-2H3. The molecule has 2 unspecified atom stereocenters. The van der Waals surface area contributed by atoms with Crippen LogP contribution in [0.1, 0.15) is 18.6 Å². The highest BCUT2D eigenvalue weighted by molar-refractivity contribution is 9.10. The van der Waals surface area contributed by atoms with Crippen LogP contribution < -0.4 is 4.74 Å². The molecule has 0 spiro atoms. The van der Waals surface area contributed by atoms with Crippen molar-refractivity contribution in [3.05, 3.63) is 29.3 Å². The highest BCUT2D eigenvalue weighted by Gasteiger charge is 2.30. The molecule has 1 N–H and O–H groups in total. The van der Waals surface area contributed by atoms with Gasteiger partial charge in [0.2, 0.25) is 5.82 Å². The lowest BCUT2D eigenvalue weighted by molar-refractivity contribution is -0.144. The Balaban J connectivity index is 3.09. The summed E-state index contributed by atoms with van der Waals surface area (Å²) in [4.78, 5) is 10.4. The quantitative estimate of drug-likeness (QED) is 0.661. The summed E-state index contributed by atoms with van der Waals surface area (Å²) in [5.74, 6) is -3.47. The van der Waals surface area contributed by atoms with Gasteiger partial charge in [-0.05, 0) is 19.1 Å². The fourth-order valence-corrected chi connectivity index (χ4v) is 1.91. The number of hydrogen-bond acceptors (Lipinski definition) is 4. The summed E-state index contributed by atoms with van der Waals surface area (Å²) in [6, 6.07) is 2.00. The molecule has 1 rings (SSSR count). The molecular formula is C12H13BrF2O4. The Labute approximate surface area is 117 Å². The molecule has 4 nitrogen and oxygen atoms in total. The van der Waals surface area contributed by atoms with Crippen LogP contribution in [0.15, 0.2) is 12.1 Å². The first kappa shape index (κ1) is 15.8. The molecule has 2 atom stereocenters. The maximum Gasteiger partial charge on any atom is 0.322 e. The van der Waals surface area contributed by atoms with Crippen LogP contribution in [0.5, 0.6) is 5.75 Å². The minimum Gasteiger partial charge on any atom is -0.493 e. The van der Waals surface area contributed by atoms with E-state index >= 15 is 0 Å². The Morgan fingerprint density at radius 3 is 2.63 bits per heavy atom. The molecule has 0 saturated heterocycles. The Morgan fingerprint density at radius 2 is 2.11 bits per heavy atom. The van der Waals surface area contributed by atoms with Gasteiger partial charge < -0.3 is 14.6 Å². The van der Waals surface area contributed by atoms with Gasteiger partial charge in [0.05, 0.1) is 13.7 Å². The third-order valence-electron chi connectivity index (χ3n) is 2.39. The zero-order chi connectivity index (χ0) is 14.6. The van der Waals surface area contributed by atoms with E-state index in [0.717, 1.165) is 19.2 Å². The van der Waals surface area contributed by atoms with Crippen LogP contribution in [0.4, 0.5) is 8.78 Å². The van der Waals surface area contributed by atoms with Crippen LogP contribution in [-0.4, -0.2) is 29.6 Å². The minimum absolute atomic E-state index is 0.0451. The predicted molar refractivity (Wildman–Crippen MR) is 67.2 cm³/mol. The Bertz CT molecular complexity index is 467. The van der Waals surface area contributed by atoms with E-state index in [2.05, 4.69) is 15.9 Å². The van der Waals surface area contributed by atoms with Gasteiger partial charge in [-0.25, -0.2) is 4.39 Å². The van der Waals surface area contributed by atoms with Crippen molar-refractivity contribution in [2.75, 3.05) is 13.7 Å². The van der Waals surface area contributed by atoms with E-state index in [1.54, 1.807) is 6.92 Å². The van der Waals surface area contributed by atoms with E-state index in [-0.39, 0.29) is 12.2 Å². The number of alkyl halides is 1. The predicted octanol–water partition coefficient (Wildman–Crippen LogP) is 2.33. The summed E-state index contributed by atoms with van der Waals surface area (Å²) in [6.45, 7) is 1.75. The topological polar surface area (TPSA) is 55.8 Å². The van der Waals surface area contributed by atoms with Crippen LogP contribution >= 0.6 is 15.9 Å². The van der Waals surface area contributed by atoms with Gasteiger partial charge in [0.25, 0.3) is 0 Å². The van der Waals surface area contributed by atoms with Crippen LogP contribution in [0.2, 0.25) is 0 Å². The van der Waals surface area contributed by atoms with Crippen molar-refractivity contribution in [1.29, 1.82) is 0 Å². The van der Waals surface area contributed by atoms with E-state index < -0.39 is 34.3 Å². The van der Waals surface area contributed by atoms with Gasteiger partial charge in [0, 0.05) is 5.56 Å². The summed E-state index contributed by atoms with van der Waals surface area (Å²) in [5, 5.41) is 10.00. The molecule has 1 aromatic carbocycles. The SMILES string of the molecule is CCOC(=O)C(Br)C(O)c1ccc(F)c(F)c1OC. The molecule has 0 saturated carbocycles. The number of carbonyl (C=O) groups excluding carboxylic acids is 1. The molecule has 0 amide bonds. The number of rotatable bonds is 5. The zero-order valence-corrected chi connectivity index (χ0v) is 11.9. The second-order valence-corrected chi connectivity index (χ2v) is 4.57. The average Bonchev–Trinajstić information content (AvgIpc) is 2.40. The van der Waals surface area contributed by atoms with E-state index in [4.69, 9.17) is 9.47 Å². The van der Waals surface area contributed by atoms with Crippen molar-refractivity contribution in [3.63, 3.8) is 0 Å². The maximum atomic E-state index is 13.5. The Kier molecular flexibility index (Phi) is 5.68. The number of aliphatic hydroxyl groups excluding tert-OH is 1. The molecular weight excluding hydrogens is 326 g/mol. The lowest BCUT2D eigenvalue weighted by Gasteiger charge is -2.19. The third-order valence-corrected chi connectivity index (χ3v) is 3.27. The lowest BCUT2D eigenvalue weighted by Crippen LogP contribution is -2.25. The molecule has 7 heteroatoms. The number of hydrogen-bond donors (Lipinski definition) is 1. The van der Waals surface area contributed by atoms with Gasteiger partial charge in [0.15, 0.2) is 11.6 Å². The summed E-state index contributed by atoms with van der Waals surface area (Å²) in [6.07, 6.45) is -1.43. The van der Waals surface area contributed by atoms with Crippen molar-refractivity contribution in [1.82, 2.24) is 0 Å². The molecule has 0 radical (unpaired) electrons. The summed E-state index contributed by atoms with van der Waals surface area (Å²) in [5.41, 5.74) is -0.0451. The number of aliphatic hydroxyl groups is 1. The van der Waals surface area contributed by atoms with Crippen molar-refractivity contribution in [2.24, 2.45) is 0 Å². The molecule has 1 aromatic rings. The van der Waals surface area contributed by atoms with Crippen molar-refractivity contribution in [2.45, 2.75) is 17.9 Å². The van der Waals surface area contributed by atoms with Gasteiger partial charge in [-0.1, -0.05) is 15.9 Å². The highest BCUT2D eigenvalue weighted by atomic mass is 79.9. The second-order valence-electron chi connectivity index (χ2n) is 3.58. The molecule has 0 aliphatic carbocycles. The molecule has 106 valence electrons. The summed E-state index contributed by atoms with van der Waals surface area (Å²) >= 11 is 2.96. The van der Waals surface area contributed by atoms with Gasteiger partial charge in [-0.15, -0.1) is 0 Å². The molecule has 0 fully saturated rings. The van der Waals surface area contributed by atoms with Crippen molar-refractivity contribution >= 4 is 21.9 Å². The van der Waals surface area contributed by atoms with Gasteiger partial charge >= 0.3 is 5.97 Å². The first-order valence-electron chi connectivity index (χ1n) is 5.44. The first-order chi connectivity index (χ1) is 8.93. The monoisotopic (exact) mass is 338 g/mol. The van der Waals surface area contributed by atoms with Crippen molar-refractivity contribution in [3.8, 4) is 5.75 Å². The zero-order valence-electron chi connectivity index (χ0n) is 10.3. The summed E-state index contributed by atoms with van der Waals surface area (Å²) < 4.78 is 36.0. The molecule has 19 heavy (non-hydrogen) atoms. The summed E-state index contributed by atoms with van der Waals surface area (Å²) in [7, 11) is 1.14. The van der Waals surface area contributed by atoms with Crippen LogP contribution in [0, 0.1) is 11.6 Å². The molecule has 0 aliphatic rings. The number of benzene rings is 1. The number of ether oxygens (including phenoxy) is 2. The number of carbonyl (C=O) groups is 1. The Morgan fingerprint density at radius 1 is 1.47 bits per heavy atom. The smallest absolute Gasteiger partial charge is 0.322 e. The minimum atomic E-state index is -1.43. The third kappa shape index (κ3) is 3.42.